The zero-order valence-corrected chi connectivity index (χ0v) is 11.2. The topological polar surface area (TPSA) is 73.9 Å². The quantitative estimate of drug-likeness (QED) is 0.804. The Morgan fingerprint density at radius 3 is 2.23 bits per heavy atom. The fourth-order valence-corrected chi connectivity index (χ4v) is 1.75. The molecular weight excluding hydrogens is 290 g/mol. The van der Waals surface area contributed by atoms with Crippen LogP contribution < -0.4 is 10.5 Å². The summed E-state index contributed by atoms with van der Waals surface area (Å²) in [4.78, 5) is 11.9. The van der Waals surface area contributed by atoms with Crippen molar-refractivity contribution in [3.05, 3.63) is 60.6 Å². The number of nitrogens with two attached hydrogens (primary N) is 1. The molecule has 0 aliphatic heterocycles. The molecule has 7 heteroatoms. The van der Waals surface area contributed by atoms with Gasteiger partial charge in [-0.05, 0) is 24.3 Å². The van der Waals surface area contributed by atoms with E-state index in [2.05, 4.69) is 15.0 Å². The molecule has 0 saturated carbocycles. The highest BCUT2D eigenvalue weighted by atomic mass is 19.1. The van der Waals surface area contributed by atoms with Crippen molar-refractivity contribution in [2.24, 2.45) is 0 Å². The molecule has 0 aliphatic carbocycles. The Bertz CT molecular complexity index is 792. The van der Waals surface area contributed by atoms with Gasteiger partial charge in [-0.25, -0.2) is 23.7 Å². The van der Waals surface area contributed by atoms with E-state index in [9.17, 15) is 8.78 Å². The van der Waals surface area contributed by atoms with Crippen molar-refractivity contribution in [3.8, 4) is 22.9 Å². The molecular formula is C15H10F2N4O. The average Bonchev–Trinajstić information content (AvgIpc) is 2.52. The molecule has 3 aromatic rings. The third-order valence-corrected chi connectivity index (χ3v) is 2.84. The Kier molecular flexibility index (Phi) is 3.61. The van der Waals surface area contributed by atoms with Gasteiger partial charge in [0.25, 0.3) is 0 Å². The zero-order valence-electron chi connectivity index (χ0n) is 11.2. The van der Waals surface area contributed by atoms with E-state index in [0.29, 0.717) is 11.4 Å². The van der Waals surface area contributed by atoms with Crippen LogP contribution >= 0.6 is 0 Å². The molecule has 0 saturated heterocycles. The van der Waals surface area contributed by atoms with Crippen molar-refractivity contribution in [1.29, 1.82) is 0 Å². The fraction of sp³-hybridized carbons (Fsp3) is 0. The molecule has 1 aromatic carbocycles. The summed E-state index contributed by atoms with van der Waals surface area (Å²) in [5, 5.41) is 0. The minimum absolute atomic E-state index is 0.0438. The van der Waals surface area contributed by atoms with E-state index in [1.54, 1.807) is 18.3 Å². The summed E-state index contributed by atoms with van der Waals surface area (Å²) in [6.07, 6.45) is 4.61. The summed E-state index contributed by atoms with van der Waals surface area (Å²) in [5.74, 6) is -1.24. The molecule has 2 heterocycles. The Morgan fingerprint density at radius 1 is 0.864 bits per heavy atom. The van der Waals surface area contributed by atoms with Crippen LogP contribution in [0.3, 0.4) is 0 Å². The van der Waals surface area contributed by atoms with Crippen molar-refractivity contribution in [1.82, 2.24) is 15.0 Å². The number of pyridine rings is 1. The molecule has 0 fully saturated rings. The average molecular weight is 300 g/mol. The lowest BCUT2D eigenvalue weighted by Crippen LogP contribution is -1.95. The number of ether oxygens (including phenoxy) is 1. The number of hydrogen-bond donors (Lipinski definition) is 1. The minimum Gasteiger partial charge on any atom is -0.421 e. The number of nitrogens with zero attached hydrogens (tertiary/aromatic N) is 3. The Morgan fingerprint density at radius 2 is 1.59 bits per heavy atom. The number of anilines is 1. The summed E-state index contributed by atoms with van der Waals surface area (Å²) in [5.41, 5.74) is 7.01. The molecule has 22 heavy (non-hydrogen) atoms. The van der Waals surface area contributed by atoms with E-state index in [1.807, 2.05) is 0 Å². The van der Waals surface area contributed by atoms with Gasteiger partial charge in [-0.2, -0.15) is 0 Å². The van der Waals surface area contributed by atoms with Gasteiger partial charge in [0.1, 0.15) is 11.6 Å². The van der Waals surface area contributed by atoms with Gasteiger partial charge in [-0.1, -0.05) is 0 Å². The standard InChI is InChI=1S/C15H10F2N4O/c16-11-2-3-13(12(17)5-11)22-15-20-7-10(8-21-15)9-1-4-14(18)19-6-9/h1-8H,(H2,18,19). The normalized spacial score (nSPS) is 10.5. The first-order chi connectivity index (χ1) is 10.6. The second-order valence-corrected chi connectivity index (χ2v) is 4.40. The number of halogens is 2. The molecule has 2 aromatic heterocycles. The third-order valence-electron chi connectivity index (χ3n) is 2.84. The SMILES string of the molecule is Nc1ccc(-c2cnc(Oc3ccc(F)cc3F)nc2)cn1. The molecule has 0 atom stereocenters. The molecule has 3 rings (SSSR count). The fourth-order valence-electron chi connectivity index (χ4n) is 1.75. The number of hydrogen-bond acceptors (Lipinski definition) is 5. The minimum atomic E-state index is -0.824. The van der Waals surface area contributed by atoms with Gasteiger partial charge in [-0.15, -0.1) is 0 Å². The maximum absolute atomic E-state index is 13.5. The Balaban J connectivity index is 1.80. The first-order valence-corrected chi connectivity index (χ1v) is 6.29. The van der Waals surface area contributed by atoms with Gasteiger partial charge >= 0.3 is 6.01 Å². The molecule has 110 valence electrons. The van der Waals surface area contributed by atoms with E-state index in [-0.39, 0.29) is 11.8 Å². The molecule has 5 nitrogen and oxygen atoms in total. The van der Waals surface area contributed by atoms with E-state index in [0.717, 1.165) is 17.7 Å². The summed E-state index contributed by atoms with van der Waals surface area (Å²) >= 11 is 0. The number of nitrogen functional groups attached to an aromatic ring is 1. The van der Waals surface area contributed by atoms with Crippen molar-refractivity contribution < 1.29 is 13.5 Å². The van der Waals surface area contributed by atoms with E-state index in [4.69, 9.17) is 10.5 Å². The highest BCUT2D eigenvalue weighted by molar-refractivity contribution is 5.61. The van der Waals surface area contributed by atoms with Crippen LogP contribution in [0.1, 0.15) is 0 Å². The Labute approximate surface area is 124 Å². The highest BCUT2D eigenvalue weighted by Crippen LogP contribution is 2.24. The maximum Gasteiger partial charge on any atom is 0.321 e. The number of aromatic nitrogens is 3. The van der Waals surface area contributed by atoms with Crippen molar-refractivity contribution in [3.63, 3.8) is 0 Å². The number of benzene rings is 1. The predicted octanol–water partition coefficient (Wildman–Crippen LogP) is 3.19. The second kappa shape index (κ2) is 5.72. The largest absolute Gasteiger partial charge is 0.421 e. The first kappa shape index (κ1) is 13.9. The van der Waals surface area contributed by atoms with E-state index in [1.165, 1.54) is 18.5 Å². The maximum atomic E-state index is 13.5. The Hall–Kier alpha value is -3.09. The molecule has 0 amide bonds. The van der Waals surface area contributed by atoms with E-state index >= 15 is 0 Å². The molecule has 2 N–H and O–H groups in total. The van der Waals surface area contributed by atoms with Crippen molar-refractivity contribution in [2.75, 3.05) is 5.73 Å². The predicted molar refractivity (Wildman–Crippen MR) is 76.1 cm³/mol. The number of rotatable bonds is 3. The smallest absolute Gasteiger partial charge is 0.321 e. The van der Waals surface area contributed by atoms with Gasteiger partial charge in [0.05, 0.1) is 0 Å². The summed E-state index contributed by atoms with van der Waals surface area (Å²) in [6.45, 7) is 0. The summed E-state index contributed by atoms with van der Waals surface area (Å²) < 4.78 is 31.5. The van der Waals surface area contributed by atoms with Gasteiger partial charge in [0.2, 0.25) is 0 Å². The lowest BCUT2D eigenvalue weighted by Gasteiger charge is -2.06. The second-order valence-electron chi connectivity index (χ2n) is 4.40. The van der Waals surface area contributed by atoms with Crippen LogP contribution in [0.4, 0.5) is 14.6 Å². The van der Waals surface area contributed by atoms with Crippen molar-refractivity contribution >= 4 is 5.82 Å². The van der Waals surface area contributed by atoms with Crippen LogP contribution in [0, 0.1) is 11.6 Å². The molecule has 0 unspecified atom stereocenters. The molecule has 0 spiro atoms. The summed E-state index contributed by atoms with van der Waals surface area (Å²) in [6, 6.07) is 6.38. The lowest BCUT2D eigenvalue weighted by molar-refractivity contribution is 0.408. The van der Waals surface area contributed by atoms with Crippen LogP contribution in [0.25, 0.3) is 11.1 Å². The molecule has 0 aliphatic rings. The van der Waals surface area contributed by atoms with Gasteiger partial charge in [-0.3, -0.25) is 0 Å². The monoisotopic (exact) mass is 300 g/mol. The van der Waals surface area contributed by atoms with Crippen LogP contribution in [-0.4, -0.2) is 15.0 Å². The van der Waals surface area contributed by atoms with Gasteiger partial charge < -0.3 is 10.5 Å². The van der Waals surface area contributed by atoms with E-state index < -0.39 is 11.6 Å². The van der Waals surface area contributed by atoms with Gasteiger partial charge in [0.15, 0.2) is 11.6 Å². The zero-order chi connectivity index (χ0) is 15.5. The van der Waals surface area contributed by atoms with Gasteiger partial charge in [0, 0.05) is 35.8 Å². The molecule has 0 bridgehead atoms. The van der Waals surface area contributed by atoms with Crippen LogP contribution in [0.5, 0.6) is 11.8 Å². The first-order valence-electron chi connectivity index (χ1n) is 6.29. The third kappa shape index (κ3) is 2.98. The molecule has 0 radical (unpaired) electrons. The highest BCUT2D eigenvalue weighted by Gasteiger charge is 2.08. The van der Waals surface area contributed by atoms with Crippen LogP contribution in [0.15, 0.2) is 48.9 Å². The lowest BCUT2D eigenvalue weighted by atomic mass is 10.1. The van der Waals surface area contributed by atoms with Crippen molar-refractivity contribution in [2.45, 2.75) is 0 Å². The van der Waals surface area contributed by atoms with Crippen LogP contribution in [0.2, 0.25) is 0 Å². The van der Waals surface area contributed by atoms with Crippen LogP contribution in [-0.2, 0) is 0 Å². The summed E-state index contributed by atoms with van der Waals surface area (Å²) in [7, 11) is 0.